The number of nitrogens with two attached hydrogens (primary N) is 1. The lowest BCUT2D eigenvalue weighted by Gasteiger charge is -2.42. The molecule has 4 atom stereocenters. The average Bonchev–Trinajstić information content (AvgIpc) is 2.29. The molecule has 2 nitrogen and oxygen atoms in total. The third-order valence-corrected chi connectivity index (χ3v) is 5.46. The average molecular weight is 268 g/mol. The summed E-state index contributed by atoms with van der Waals surface area (Å²) in [6.07, 6.45) is 3.86. The fourth-order valence-corrected chi connectivity index (χ4v) is 3.33. The SMILES string of the molecule is CC(C)C1CCC(N)C(CN(C)C(C)C(C)(C)C)C1. The van der Waals surface area contributed by atoms with Gasteiger partial charge in [0.05, 0.1) is 0 Å². The van der Waals surface area contributed by atoms with Crippen LogP contribution in [0.2, 0.25) is 0 Å². The Kier molecular flexibility index (Phi) is 5.88. The highest BCUT2D eigenvalue weighted by atomic mass is 15.1. The second kappa shape index (κ2) is 6.58. The van der Waals surface area contributed by atoms with Crippen LogP contribution >= 0.6 is 0 Å². The van der Waals surface area contributed by atoms with E-state index < -0.39 is 0 Å². The molecule has 4 unspecified atom stereocenters. The number of rotatable bonds is 4. The van der Waals surface area contributed by atoms with Gasteiger partial charge in [0.2, 0.25) is 0 Å². The molecule has 2 heteroatoms. The third kappa shape index (κ3) is 4.75. The van der Waals surface area contributed by atoms with E-state index in [0.29, 0.717) is 23.4 Å². The topological polar surface area (TPSA) is 29.3 Å². The maximum absolute atomic E-state index is 6.37. The highest BCUT2D eigenvalue weighted by molar-refractivity contribution is 4.87. The van der Waals surface area contributed by atoms with E-state index in [4.69, 9.17) is 5.73 Å². The summed E-state index contributed by atoms with van der Waals surface area (Å²) >= 11 is 0. The maximum atomic E-state index is 6.37. The first-order chi connectivity index (χ1) is 8.62. The third-order valence-electron chi connectivity index (χ3n) is 5.46. The van der Waals surface area contributed by atoms with E-state index in [1.54, 1.807) is 0 Å². The van der Waals surface area contributed by atoms with Crippen LogP contribution in [0.3, 0.4) is 0 Å². The van der Waals surface area contributed by atoms with E-state index >= 15 is 0 Å². The minimum Gasteiger partial charge on any atom is -0.327 e. The van der Waals surface area contributed by atoms with Crippen LogP contribution in [-0.4, -0.2) is 30.6 Å². The lowest BCUT2D eigenvalue weighted by atomic mass is 9.73. The van der Waals surface area contributed by atoms with E-state index in [0.717, 1.165) is 18.4 Å². The Morgan fingerprint density at radius 1 is 1.16 bits per heavy atom. The van der Waals surface area contributed by atoms with Crippen molar-refractivity contribution in [1.82, 2.24) is 4.90 Å². The number of hydrogen-bond acceptors (Lipinski definition) is 2. The second-order valence-electron chi connectivity index (χ2n) is 8.22. The molecular formula is C17H36N2. The molecule has 0 radical (unpaired) electrons. The number of hydrogen-bond donors (Lipinski definition) is 1. The Balaban J connectivity index is 2.58. The Morgan fingerprint density at radius 3 is 2.21 bits per heavy atom. The van der Waals surface area contributed by atoms with Crippen LogP contribution in [0.25, 0.3) is 0 Å². The molecule has 0 saturated heterocycles. The Hall–Kier alpha value is -0.0800. The molecule has 0 amide bonds. The van der Waals surface area contributed by atoms with Crippen molar-refractivity contribution in [3.63, 3.8) is 0 Å². The van der Waals surface area contributed by atoms with Gasteiger partial charge in [-0.15, -0.1) is 0 Å². The molecule has 0 aromatic heterocycles. The van der Waals surface area contributed by atoms with Crippen molar-refractivity contribution in [2.45, 2.75) is 72.9 Å². The molecule has 1 fully saturated rings. The van der Waals surface area contributed by atoms with Crippen LogP contribution < -0.4 is 5.73 Å². The minimum absolute atomic E-state index is 0.338. The van der Waals surface area contributed by atoms with E-state index in [1.807, 2.05) is 0 Å². The molecule has 1 aliphatic carbocycles. The van der Waals surface area contributed by atoms with E-state index in [1.165, 1.54) is 19.3 Å². The Labute approximate surface area is 121 Å². The summed E-state index contributed by atoms with van der Waals surface area (Å²) in [4.78, 5) is 2.52. The predicted octanol–water partition coefficient (Wildman–Crippen LogP) is 3.75. The first-order valence-electron chi connectivity index (χ1n) is 8.08. The lowest BCUT2D eigenvalue weighted by molar-refractivity contribution is 0.0892. The molecule has 1 rings (SSSR count). The normalized spacial score (nSPS) is 30.9. The van der Waals surface area contributed by atoms with Gasteiger partial charge in [-0.2, -0.15) is 0 Å². The van der Waals surface area contributed by atoms with Gasteiger partial charge in [-0.1, -0.05) is 34.6 Å². The van der Waals surface area contributed by atoms with Crippen LogP contribution in [0.15, 0.2) is 0 Å². The summed E-state index contributed by atoms with van der Waals surface area (Å²) in [6.45, 7) is 15.2. The largest absolute Gasteiger partial charge is 0.327 e. The molecule has 0 heterocycles. The molecule has 1 aliphatic rings. The van der Waals surface area contributed by atoms with Gasteiger partial charge < -0.3 is 10.6 Å². The van der Waals surface area contributed by atoms with Gasteiger partial charge in [0.25, 0.3) is 0 Å². The summed E-state index contributed by atoms with van der Waals surface area (Å²) in [5.41, 5.74) is 6.71. The smallest absolute Gasteiger partial charge is 0.0112 e. The first-order valence-corrected chi connectivity index (χ1v) is 8.08. The summed E-state index contributed by atoms with van der Waals surface area (Å²) in [5.74, 6) is 2.36. The molecule has 0 aliphatic heterocycles. The van der Waals surface area contributed by atoms with Crippen molar-refractivity contribution in [1.29, 1.82) is 0 Å². The molecule has 1 saturated carbocycles. The first kappa shape index (κ1) is 17.0. The van der Waals surface area contributed by atoms with Crippen LogP contribution in [0, 0.1) is 23.2 Å². The van der Waals surface area contributed by atoms with Gasteiger partial charge in [0.15, 0.2) is 0 Å². The van der Waals surface area contributed by atoms with Crippen molar-refractivity contribution in [3.8, 4) is 0 Å². The monoisotopic (exact) mass is 268 g/mol. The van der Waals surface area contributed by atoms with E-state index in [9.17, 15) is 0 Å². The fourth-order valence-electron chi connectivity index (χ4n) is 3.33. The minimum atomic E-state index is 0.338. The fraction of sp³-hybridized carbons (Fsp3) is 1.00. The van der Waals surface area contributed by atoms with Crippen molar-refractivity contribution < 1.29 is 0 Å². The zero-order valence-corrected chi connectivity index (χ0v) is 14.2. The zero-order valence-electron chi connectivity index (χ0n) is 14.2. The summed E-state index contributed by atoms with van der Waals surface area (Å²) in [7, 11) is 2.27. The second-order valence-corrected chi connectivity index (χ2v) is 8.22. The van der Waals surface area contributed by atoms with Crippen LogP contribution in [0.1, 0.15) is 60.8 Å². The summed E-state index contributed by atoms with van der Waals surface area (Å²) in [5, 5.41) is 0. The number of nitrogens with zero attached hydrogens (tertiary/aromatic N) is 1. The van der Waals surface area contributed by atoms with Gasteiger partial charge in [0, 0.05) is 18.6 Å². The molecule has 0 bridgehead atoms. The highest BCUT2D eigenvalue weighted by Gasteiger charge is 2.32. The van der Waals surface area contributed by atoms with Crippen LogP contribution in [0.5, 0.6) is 0 Å². The molecule has 0 spiro atoms. The van der Waals surface area contributed by atoms with Gasteiger partial charge >= 0.3 is 0 Å². The molecule has 19 heavy (non-hydrogen) atoms. The van der Waals surface area contributed by atoms with Crippen LogP contribution in [0.4, 0.5) is 0 Å². The Morgan fingerprint density at radius 2 is 1.74 bits per heavy atom. The van der Waals surface area contributed by atoms with E-state index in [-0.39, 0.29) is 0 Å². The summed E-state index contributed by atoms with van der Waals surface area (Å²) < 4.78 is 0. The van der Waals surface area contributed by atoms with Gasteiger partial charge in [-0.05, 0) is 56.4 Å². The quantitative estimate of drug-likeness (QED) is 0.841. The molecule has 0 aromatic rings. The Bertz CT molecular complexity index is 267. The van der Waals surface area contributed by atoms with Crippen LogP contribution in [-0.2, 0) is 0 Å². The predicted molar refractivity (Wildman–Crippen MR) is 85.2 cm³/mol. The van der Waals surface area contributed by atoms with Crippen molar-refractivity contribution in [2.24, 2.45) is 28.9 Å². The van der Waals surface area contributed by atoms with Crippen molar-refractivity contribution in [2.75, 3.05) is 13.6 Å². The standard InChI is InChI=1S/C17H36N2/c1-12(2)14-8-9-16(18)15(10-14)11-19(7)13(3)17(4,5)6/h12-16H,8-11,18H2,1-7H3. The van der Waals surface area contributed by atoms with Gasteiger partial charge in [0.1, 0.15) is 0 Å². The van der Waals surface area contributed by atoms with E-state index in [2.05, 4.69) is 53.5 Å². The van der Waals surface area contributed by atoms with Crippen molar-refractivity contribution in [3.05, 3.63) is 0 Å². The van der Waals surface area contributed by atoms with Crippen molar-refractivity contribution >= 4 is 0 Å². The molecule has 2 N–H and O–H groups in total. The molecule has 114 valence electrons. The highest BCUT2D eigenvalue weighted by Crippen LogP contribution is 2.34. The lowest BCUT2D eigenvalue weighted by Crippen LogP contribution is -2.47. The molecular weight excluding hydrogens is 232 g/mol. The summed E-state index contributed by atoms with van der Waals surface area (Å²) in [6, 6.07) is 1.00. The molecule has 0 aromatic carbocycles. The van der Waals surface area contributed by atoms with Gasteiger partial charge in [-0.25, -0.2) is 0 Å². The van der Waals surface area contributed by atoms with Gasteiger partial charge in [-0.3, -0.25) is 0 Å². The zero-order chi connectivity index (χ0) is 14.8. The maximum Gasteiger partial charge on any atom is 0.0112 e.